The molecule has 3 fully saturated rings. The van der Waals surface area contributed by atoms with Gasteiger partial charge in [0.25, 0.3) is 0 Å². The van der Waals surface area contributed by atoms with E-state index in [1.807, 2.05) is 0 Å². The number of aliphatic hydroxyl groups excluding tert-OH is 8. The number of rotatable bonds is 14. The number of amides is 1. The summed E-state index contributed by atoms with van der Waals surface area (Å²) in [5.74, 6) is -3.00. The fourth-order valence-corrected chi connectivity index (χ4v) is 9.66. The van der Waals surface area contributed by atoms with Crippen LogP contribution in [0.15, 0.2) is 95.9 Å². The molecule has 0 aromatic heterocycles. The number of halogens is 2. The van der Waals surface area contributed by atoms with Crippen molar-refractivity contribution in [1.82, 2.24) is 0 Å². The molecule has 0 spiro atoms. The topological polar surface area (TPSA) is 264 Å². The van der Waals surface area contributed by atoms with Gasteiger partial charge in [-0.1, -0.05) is 36.4 Å². The third-order valence-electron chi connectivity index (χ3n) is 11.7. The lowest BCUT2D eigenvalue weighted by Crippen LogP contribution is -2.65. The first-order chi connectivity index (χ1) is 29.5. The molecular weight excluding hydrogens is 841 g/mol. The average Bonchev–Trinajstić information content (AvgIpc) is 3.26. The molecule has 3 heterocycles. The van der Waals surface area contributed by atoms with Crippen LogP contribution >= 0.6 is 0 Å². The van der Waals surface area contributed by atoms with Gasteiger partial charge in [0, 0.05) is 11.3 Å². The van der Waals surface area contributed by atoms with Crippen molar-refractivity contribution in [2.45, 2.75) is 91.1 Å². The molecule has 0 bridgehead atoms. The van der Waals surface area contributed by atoms with Gasteiger partial charge in [0.15, 0.2) is 16.1 Å². The molecule has 334 valence electrons. The Morgan fingerprint density at radius 1 is 0.710 bits per heavy atom. The predicted octanol–water partition coefficient (Wildman–Crippen LogP) is 0.996. The second-order valence-electron chi connectivity index (χ2n) is 15.6. The minimum Gasteiger partial charge on any atom is -0.508 e. The van der Waals surface area contributed by atoms with Crippen molar-refractivity contribution < 1.29 is 82.2 Å². The largest absolute Gasteiger partial charge is 0.508 e. The van der Waals surface area contributed by atoms with Gasteiger partial charge in [-0.25, -0.2) is 17.2 Å². The van der Waals surface area contributed by atoms with Crippen molar-refractivity contribution in [3.63, 3.8) is 0 Å². The number of phenols is 1. The normalized spacial score (nSPS) is 30.8. The van der Waals surface area contributed by atoms with Crippen molar-refractivity contribution in [3.8, 4) is 16.9 Å². The number of phenolic OH excluding ortho intramolecular Hbond substituents is 1. The number of β-lactam (4-membered cyclic amide) rings is 1. The highest BCUT2D eigenvalue weighted by molar-refractivity contribution is 7.91. The van der Waals surface area contributed by atoms with E-state index < -0.39 is 120 Å². The summed E-state index contributed by atoms with van der Waals surface area (Å²) in [6.45, 7) is -1.61. The summed E-state index contributed by atoms with van der Waals surface area (Å²) in [6.07, 6.45) is -17.6. The Kier molecular flexibility index (Phi) is 13.7. The first-order valence-electron chi connectivity index (χ1n) is 19.8. The number of carbonyl (C=O) groups excluding carboxylic acids is 1. The van der Waals surface area contributed by atoms with Crippen molar-refractivity contribution in [2.24, 2.45) is 5.92 Å². The number of aliphatic hydroxyl groups is 8. The second kappa shape index (κ2) is 18.7. The number of hydrogen-bond acceptors (Lipinski definition) is 15. The standard InChI is InChI=1S/C43H47F2NO15S/c44-24-6-1-22(2-7-24)30(49)16-15-29-35(46(42(29)56)26-10-8-25(45)9-11-26)28-14-5-23(17-31(28)50)21-3-12-27(13-4-21)62(57,58)20-34-37(52)39(54)41(33(19-48)59-34)61-43-40(55)38(53)36(51)32(18-47)60-43/h1-14,17,29-30,32-41,43,47-55H,15-16,18-20H2/t29-,30+,32-,33-,34?,35-,36-,37+,38+,39-,40-,41?,43?/m1/s1. The van der Waals surface area contributed by atoms with E-state index in [1.165, 1.54) is 83.8 Å². The van der Waals surface area contributed by atoms with Crippen LogP contribution in [0.2, 0.25) is 0 Å². The highest BCUT2D eigenvalue weighted by Crippen LogP contribution is 2.49. The highest BCUT2D eigenvalue weighted by Gasteiger charge is 2.52. The Balaban J connectivity index is 1.04. The van der Waals surface area contributed by atoms with Crippen LogP contribution in [-0.2, 0) is 28.8 Å². The van der Waals surface area contributed by atoms with Gasteiger partial charge in [0.05, 0.1) is 41.9 Å². The number of benzene rings is 4. The minimum absolute atomic E-state index is 0.152. The van der Waals surface area contributed by atoms with Gasteiger partial charge in [0.1, 0.15) is 72.3 Å². The molecule has 0 radical (unpaired) electrons. The second-order valence-corrected chi connectivity index (χ2v) is 17.7. The van der Waals surface area contributed by atoms with E-state index in [0.717, 1.165) is 0 Å². The van der Waals surface area contributed by atoms with Crippen molar-refractivity contribution in [2.75, 3.05) is 23.9 Å². The molecule has 13 atom stereocenters. The monoisotopic (exact) mass is 887 g/mol. The Labute approximate surface area is 354 Å². The third kappa shape index (κ3) is 9.12. The number of aromatic hydroxyl groups is 1. The Bertz CT molecular complexity index is 2280. The van der Waals surface area contributed by atoms with Gasteiger partial charge in [0.2, 0.25) is 5.91 Å². The molecule has 7 rings (SSSR count). The van der Waals surface area contributed by atoms with Crippen LogP contribution in [0, 0.1) is 17.6 Å². The summed E-state index contributed by atoms with van der Waals surface area (Å²) in [7, 11) is -4.24. The number of sulfone groups is 1. The quantitative estimate of drug-likeness (QED) is 0.0800. The van der Waals surface area contributed by atoms with Crippen LogP contribution in [0.4, 0.5) is 14.5 Å². The van der Waals surface area contributed by atoms with Gasteiger partial charge in [-0.05, 0) is 84.1 Å². The van der Waals surface area contributed by atoms with Crippen LogP contribution in [0.5, 0.6) is 5.75 Å². The molecule has 4 aromatic rings. The molecular formula is C43H47F2NO15S. The summed E-state index contributed by atoms with van der Waals surface area (Å²) in [5, 5.41) is 94.2. The Hall–Kier alpha value is -4.48. The van der Waals surface area contributed by atoms with E-state index in [4.69, 9.17) is 14.2 Å². The summed E-state index contributed by atoms with van der Waals surface area (Å²) in [6, 6.07) is 20.2. The maximum absolute atomic E-state index is 13.8. The lowest BCUT2D eigenvalue weighted by atomic mass is 9.77. The lowest BCUT2D eigenvalue weighted by Gasteiger charge is -2.48. The van der Waals surface area contributed by atoms with E-state index >= 15 is 0 Å². The smallest absolute Gasteiger partial charge is 0.233 e. The SMILES string of the molecule is O=C1[C@H](CC[C@H](O)c2ccc(F)cc2)[C@@H](c2ccc(-c3ccc(S(=O)(=O)CC4O[C@H](CO)C(OC5O[C@H](CO)[C@@H](O)[C@H](O)[C@H]5O)[C@H](O)[C@H]4O)cc3)cc2O)N1c1ccc(F)cc1. The zero-order valence-electron chi connectivity index (χ0n) is 32.8. The fourth-order valence-electron chi connectivity index (χ4n) is 8.21. The van der Waals surface area contributed by atoms with Gasteiger partial charge in [-0.15, -0.1) is 0 Å². The van der Waals surface area contributed by atoms with E-state index in [9.17, 15) is 68.0 Å². The molecule has 3 unspecified atom stereocenters. The fraction of sp³-hybridized carbons (Fsp3) is 0.419. The zero-order valence-corrected chi connectivity index (χ0v) is 33.6. The summed E-state index contributed by atoms with van der Waals surface area (Å²) in [5.41, 5.74) is 2.20. The molecule has 16 nitrogen and oxygen atoms in total. The number of nitrogens with zero attached hydrogens (tertiary/aromatic N) is 1. The van der Waals surface area contributed by atoms with E-state index in [0.29, 0.717) is 27.9 Å². The minimum atomic E-state index is -4.24. The highest BCUT2D eigenvalue weighted by atomic mass is 32.2. The molecule has 3 aliphatic heterocycles. The van der Waals surface area contributed by atoms with Gasteiger partial charge >= 0.3 is 0 Å². The average molecular weight is 888 g/mol. The maximum atomic E-state index is 13.8. The number of anilines is 1. The lowest BCUT2D eigenvalue weighted by molar-refractivity contribution is -0.341. The van der Waals surface area contributed by atoms with Gasteiger partial charge in [-0.3, -0.25) is 4.79 Å². The Morgan fingerprint density at radius 2 is 1.31 bits per heavy atom. The first-order valence-corrected chi connectivity index (χ1v) is 21.4. The summed E-state index contributed by atoms with van der Waals surface area (Å²) < 4.78 is 70.9. The van der Waals surface area contributed by atoms with Crippen LogP contribution in [-0.4, -0.2) is 140 Å². The van der Waals surface area contributed by atoms with Crippen LogP contribution in [0.25, 0.3) is 11.1 Å². The number of ether oxygens (including phenoxy) is 3. The molecule has 1 amide bonds. The van der Waals surface area contributed by atoms with Crippen molar-refractivity contribution >= 4 is 21.4 Å². The summed E-state index contributed by atoms with van der Waals surface area (Å²) >= 11 is 0. The molecule has 3 saturated heterocycles. The maximum Gasteiger partial charge on any atom is 0.233 e. The van der Waals surface area contributed by atoms with E-state index in [2.05, 4.69) is 0 Å². The van der Waals surface area contributed by atoms with Crippen molar-refractivity contribution in [1.29, 1.82) is 0 Å². The van der Waals surface area contributed by atoms with Gasteiger partial charge < -0.3 is 65.1 Å². The van der Waals surface area contributed by atoms with Crippen LogP contribution in [0.1, 0.15) is 36.1 Å². The molecule has 0 saturated carbocycles. The Morgan fingerprint density at radius 3 is 1.92 bits per heavy atom. The molecule has 0 aliphatic carbocycles. The van der Waals surface area contributed by atoms with Gasteiger partial charge in [-0.2, -0.15) is 0 Å². The first kappa shape index (κ1) is 45.5. The van der Waals surface area contributed by atoms with Crippen LogP contribution < -0.4 is 4.90 Å². The number of carbonyl (C=O) groups is 1. The van der Waals surface area contributed by atoms with Crippen LogP contribution in [0.3, 0.4) is 0 Å². The molecule has 4 aromatic carbocycles. The molecule has 3 aliphatic rings. The van der Waals surface area contributed by atoms with Crippen molar-refractivity contribution in [3.05, 3.63) is 114 Å². The number of hydrogen-bond donors (Lipinski definition) is 9. The zero-order chi connectivity index (χ0) is 44.6. The molecule has 62 heavy (non-hydrogen) atoms. The third-order valence-corrected chi connectivity index (χ3v) is 13.5. The summed E-state index contributed by atoms with van der Waals surface area (Å²) in [4.78, 5) is 14.8. The van der Waals surface area contributed by atoms with E-state index in [1.54, 1.807) is 12.1 Å². The predicted molar refractivity (Wildman–Crippen MR) is 213 cm³/mol. The van der Waals surface area contributed by atoms with E-state index in [-0.39, 0.29) is 29.4 Å². The molecule has 9 N–H and O–H groups in total. The molecule has 19 heteroatoms.